The molecule has 1 aliphatic heterocycles. The monoisotopic (exact) mass is 185 g/mol. The summed E-state index contributed by atoms with van der Waals surface area (Å²) in [6.07, 6.45) is 2.11. The molecule has 0 saturated carbocycles. The summed E-state index contributed by atoms with van der Waals surface area (Å²) in [7, 11) is 0. The van der Waals surface area contributed by atoms with Gasteiger partial charge in [0.05, 0.1) is 0 Å². The van der Waals surface area contributed by atoms with Crippen LogP contribution in [0.2, 0.25) is 0 Å². The number of rotatable bonds is 1. The molecule has 0 aromatic rings. The number of carbonyl (C=O) groups is 1. The van der Waals surface area contributed by atoms with Gasteiger partial charge in [-0.05, 0) is 32.6 Å². The van der Waals surface area contributed by atoms with Gasteiger partial charge in [-0.3, -0.25) is 4.79 Å². The summed E-state index contributed by atoms with van der Waals surface area (Å²) in [5, 5.41) is 9.51. The van der Waals surface area contributed by atoms with Crippen LogP contribution in [0.3, 0.4) is 0 Å². The van der Waals surface area contributed by atoms with Crippen molar-refractivity contribution in [2.75, 3.05) is 13.1 Å². The van der Waals surface area contributed by atoms with Gasteiger partial charge in [0.1, 0.15) is 5.60 Å². The van der Waals surface area contributed by atoms with Crippen LogP contribution in [0.25, 0.3) is 0 Å². The highest BCUT2D eigenvalue weighted by Crippen LogP contribution is 2.18. The predicted octanol–water partition coefficient (Wildman–Crippen LogP) is 1.02. The number of nitrogens with zero attached hydrogens (tertiary/aromatic N) is 1. The average molecular weight is 185 g/mol. The van der Waals surface area contributed by atoms with E-state index >= 15 is 0 Å². The third-order valence-corrected chi connectivity index (χ3v) is 2.59. The third kappa shape index (κ3) is 2.69. The Bertz CT molecular complexity index is 188. The smallest absolute Gasteiger partial charge is 0.253 e. The second-order valence-corrected chi connectivity index (χ2v) is 4.53. The maximum atomic E-state index is 11.6. The van der Waals surface area contributed by atoms with E-state index in [4.69, 9.17) is 0 Å². The zero-order valence-electron chi connectivity index (χ0n) is 8.71. The molecule has 1 saturated heterocycles. The Morgan fingerprint density at radius 1 is 1.38 bits per heavy atom. The van der Waals surface area contributed by atoms with Crippen molar-refractivity contribution < 1.29 is 9.90 Å². The molecule has 3 heteroatoms. The summed E-state index contributed by atoms with van der Waals surface area (Å²) in [4.78, 5) is 13.4. The maximum absolute atomic E-state index is 11.6. The van der Waals surface area contributed by atoms with Crippen molar-refractivity contribution >= 4 is 5.91 Å². The second kappa shape index (κ2) is 3.66. The Morgan fingerprint density at radius 2 is 1.85 bits per heavy atom. The van der Waals surface area contributed by atoms with Crippen molar-refractivity contribution in [1.29, 1.82) is 0 Å². The number of likely N-dealkylation sites (tertiary alicyclic amines) is 1. The number of hydrogen-bond donors (Lipinski definition) is 1. The van der Waals surface area contributed by atoms with Gasteiger partial charge in [-0.2, -0.15) is 0 Å². The number of aliphatic hydroxyl groups is 1. The van der Waals surface area contributed by atoms with Crippen LogP contribution in [0, 0.1) is 5.92 Å². The van der Waals surface area contributed by atoms with Crippen LogP contribution in [0.5, 0.6) is 0 Å². The van der Waals surface area contributed by atoms with E-state index in [2.05, 4.69) is 6.92 Å². The zero-order chi connectivity index (χ0) is 10.1. The lowest BCUT2D eigenvalue weighted by atomic mass is 9.97. The summed E-state index contributed by atoms with van der Waals surface area (Å²) in [5.74, 6) is 0.574. The van der Waals surface area contributed by atoms with Gasteiger partial charge >= 0.3 is 0 Å². The minimum absolute atomic E-state index is 0.139. The Morgan fingerprint density at radius 3 is 2.23 bits per heavy atom. The number of piperidine rings is 1. The second-order valence-electron chi connectivity index (χ2n) is 4.53. The Hall–Kier alpha value is -0.570. The molecule has 1 rings (SSSR count). The van der Waals surface area contributed by atoms with Crippen molar-refractivity contribution in [3.8, 4) is 0 Å². The maximum Gasteiger partial charge on any atom is 0.253 e. The first-order valence-electron chi connectivity index (χ1n) is 4.93. The van der Waals surface area contributed by atoms with Crippen LogP contribution in [-0.4, -0.2) is 34.6 Å². The van der Waals surface area contributed by atoms with Gasteiger partial charge < -0.3 is 10.0 Å². The fourth-order valence-corrected chi connectivity index (χ4v) is 1.60. The molecule has 1 heterocycles. The first kappa shape index (κ1) is 10.5. The highest BCUT2D eigenvalue weighted by Gasteiger charge is 2.30. The molecule has 0 atom stereocenters. The van der Waals surface area contributed by atoms with Crippen LogP contribution in [0.4, 0.5) is 0 Å². The van der Waals surface area contributed by atoms with Crippen LogP contribution < -0.4 is 0 Å². The molecule has 13 heavy (non-hydrogen) atoms. The SMILES string of the molecule is CC1CCN(C(=O)C(C)(C)O)CC1. The summed E-state index contributed by atoms with van der Waals surface area (Å²) >= 11 is 0. The highest BCUT2D eigenvalue weighted by atomic mass is 16.3. The summed E-state index contributed by atoms with van der Waals surface area (Å²) < 4.78 is 0. The number of amides is 1. The summed E-state index contributed by atoms with van der Waals surface area (Å²) in [6.45, 7) is 6.89. The Kier molecular flexibility index (Phi) is 2.96. The van der Waals surface area contributed by atoms with E-state index in [-0.39, 0.29) is 5.91 Å². The van der Waals surface area contributed by atoms with Gasteiger partial charge in [-0.1, -0.05) is 6.92 Å². The van der Waals surface area contributed by atoms with Crippen LogP contribution >= 0.6 is 0 Å². The molecular weight excluding hydrogens is 166 g/mol. The van der Waals surface area contributed by atoms with Gasteiger partial charge in [0.25, 0.3) is 5.91 Å². The first-order valence-corrected chi connectivity index (χ1v) is 4.93. The van der Waals surface area contributed by atoms with E-state index < -0.39 is 5.60 Å². The van der Waals surface area contributed by atoms with Gasteiger partial charge in [0.15, 0.2) is 0 Å². The largest absolute Gasteiger partial charge is 0.381 e. The van der Waals surface area contributed by atoms with Crippen molar-refractivity contribution in [3.05, 3.63) is 0 Å². The molecule has 0 aromatic heterocycles. The quantitative estimate of drug-likeness (QED) is 0.662. The molecule has 1 amide bonds. The fourth-order valence-electron chi connectivity index (χ4n) is 1.60. The molecule has 0 unspecified atom stereocenters. The molecule has 0 aromatic carbocycles. The zero-order valence-corrected chi connectivity index (χ0v) is 8.71. The standard InChI is InChI=1S/C10H19NO2/c1-8-4-6-11(7-5-8)9(12)10(2,3)13/h8,13H,4-7H2,1-3H3. The average Bonchev–Trinajstić information content (AvgIpc) is 2.03. The molecule has 1 fully saturated rings. The van der Waals surface area contributed by atoms with Crippen molar-refractivity contribution in [1.82, 2.24) is 4.90 Å². The van der Waals surface area contributed by atoms with E-state index in [0.29, 0.717) is 5.92 Å². The van der Waals surface area contributed by atoms with Gasteiger partial charge in [0, 0.05) is 13.1 Å². The number of hydrogen-bond acceptors (Lipinski definition) is 2. The molecule has 76 valence electrons. The molecular formula is C10H19NO2. The highest BCUT2D eigenvalue weighted by molar-refractivity contribution is 5.84. The molecule has 1 aliphatic rings. The van der Waals surface area contributed by atoms with E-state index in [1.807, 2.05) is 0 Å². The predicted molar refractivity (Wildman–Crippen MR) is 51.3 cm³/mol. The minimum Gasteiger partial charge on any atom is -0.381 e. The van der Waals surface area contributed by atoms with E-state index in [9.17, 15) is 9.90 Å². The molecule has 0 radical (unpaired) electrons. The van der Waals surface area contributed by atoms with Gasteiger partial charge in [-0.25, -0.2) is 0 Å². The molecule has 0 spiro atoms. The van der Waals surface area contributed by atoms with Crippen LogP contribution in [0.15, 0.2) is 0 Å². The van der Waals surface area contributed by atoms with Crippen molar-refractivity contribution in [2.45, 2.75) is 39.2 Å². The summed E-state index contributed by atoms with van der Waals surface area (Å²) in [5.41, 5.74) is -1.21. The Labute approximate surface area is 79.7 Å². The van der Waals surface area contributed by atoms with Crippen LogP contribution in [-0.2, 0) is 4.79 Å². The first-order chi connectivity index (χ1) is 5.91. The molecule has 3 nitrogen and oxygen atoms in total. The van der Waals surface area contributed by atoms with E-state index in [0.717, 1.165) is 25.9 Å². The molecule has 1 N–H and O–H groups in total. The minimum atomic E-state index is -1.21. The normalized spacial score (nSPS) is 20.5. The lowest BCUT2D eigenvalue weighted by molar-refractivity contribution is -0.149. The van der Waals surface area contributed by atoms with Crippen molar-refractivity contribution in [2.24, 2.45) is 5.92 Å². The fraction of sp³-hybridized carbons (Fsp3) is 0.900. The van der Waals surface area contributed by atoms with Crippen LogP contribution in [0.1, 0.15) is 33.6 Å². The molecule has 0 aliphatic carbocycles. The lowest BCUT2D eigenvalue weighted by Crippen LogP contribution is -2.48. The van der Waals surface area contributed by atoms with Gasteiger partial charge in [-0.15, -0.1) is 0 Å². The van der Waals surface area contributed by atoms with E-state index in [1.165, 1.54) is 0 Å². The third-order valence-electron chi connectivity index (χ3n) is 2.59. The topological polar surface area (TPSA) is 40.5 Å². The number of carbonyl (C=O) groups excluding carboxylic acids is 1. The van der Waals surface area contributed by atoms with Gasteiger partial charge in [0.2, 0.25) is 0 Å². The Balaban J connectivity index is 2.50. The molecule has 0 bridgehead atoms. The van der Waals surface area contributed by atoms with Crippen molar-refractivity contribution in [3.63, 3.8) is 0 Å². The lowest BCUT2D eigenvalue weighted by Gasteiger charge is -2.33. The summed E-state index contributed by atoms with van der Waals surface area (Å²) in [6, 6.07) is 0. The van der Waals surface area contributed by atoms with E-state index in [1.54, 1.807) is 18.7 Å².